The van der Waals surface area contributed by atoms with Gasteiger partial charge in [0.15, 0.2) is 0 Å². The maximum atomic E-state index is 15.2. The van der Waals surface area contributed by atoms with E-state index in [2.05, 4.69) is 60.3 Å². The van der Waals surface area contributed by atoms with Crippen molar-refractivity contribution in [1.29, 1.82) is 0 Å². The monoisotopic (exact) mass is 533 g/mol. The zero-order chi connectivity index (χ0) is 26.1. The number of fused-ring (bicyclic) bond motifs is 1. The fourth-order valence-electron chi connectivity index (χ4n) is 5.00. The summed E-state index contributed by atoms with van der Waals surface area (Å²) in [6.45, 7) is 4.41. The second-order valence-corrected chi connectivity index (χ2v) is 10.8. The van der Waals surface area contributed by atoms with Gasteiger partial charge in [-0.25, -0.2) is 9.37 Å². The van der Waals surface area contributed by atoms with Crippen LogP contribution in [-0.4, -0.2) is 72.1 Å². The van der Waals surface area contributed by atoms with E-state index in [0.717, 1.165) is 55.2 Å². The molecule has 2 aliphatic rings. The minimum absolute atomic E-state index is 0.297. The number of anilines is 4. The summed E-state index contributed by atoms with van der Waals surface area (Å²) in [5, 5.41) is 4.11. The van der Waals surface area contributed by atoms with E-state index in [9.17, 15) is 0 Å². The third kappa shape index (κ3) is 4.98. The summed E-state index contributed by atoms with van der Waals surface area (Å²) in [6.07, 6.45) is 6.28. The minimum atomic E-state index is -0.297. The smallest absolute Gasteiger partial charge is 0.229 e. The number of hydrogen-bond acceptors (Lipinski definition) is 8. The number of hydrogen-bond donors (Lipinski definition) is 1. The molecule has 2 saturated heterocycles. The van der Waals surface area contributed by atoms with Gasteiger partial charge in [0.2, 0.25) is 5.95 Å². The van der Waals surface area contributed by atoms with Gasteiger partial charge in [-0.1, -0.05) is 6.07 Å². The quantitative estimate of drug-likeness (QED) is 0.335. The molecule has 2 aromatic heterocycles. The van der Waals surface area contributed by atoms with E-state index < -0.39 is 0 Å². The van der Waals surface area contributed by atoms with Crippen LogP contribution in [0.25, 0.3) is 16.7 Å². The average Bonchev–Trinajstić information content (AvgIpc) is 3.38. The second-order valence-electron chi connectivity index (χ2n) is 9.74. The number of piperazine rings is 1. The number of benzene rings is 2. The van der Waals surface area contributed by atoms with E-state index >= 15 is 4.39 Å². The van der Waals surface area contributed by atoms with Crippen LogP contribution >= 0.6 is 11.9 Å². The highest BCUT2D eigenvalue weighted by Crippen LogP contribution is 2.35. The number of aromatic nitrogens is 3. The van der Waals surface area contributed by atoms with E-state index in [4.69, 9.17) is 9.72 Å². The molecule has 0 atom stereocenters. The summed E-state index contributed by atoms with van der Waals surface area (Å²) in [4.78, 5) is 13.6. The first-order valence-electron chi connectivity index (χ1n) is 13.0. The average molecular weight is 534 g/mol. The molecule has 0 saturated carbocycles. The van der Waals surface area contributed by atoms with Gasteiger partial charge in [0.25, 0.3) is 0 Å². The first-order valence-corrected chi connectivity index (χ1v) is 14.0. The Balaban J connectivity index is 1.29. The topological polar surface area (TPSA) is 61.7 Å². The van der Waals surface area contributed by atoms with Gasteiger partial charge in [-0.15, -0.1) is 0 Å². The lowest BCUT2D eigenvalue weighted by Crippen LogP contribution is -2.44. The van der Waals surface area contributed by atoms with Gasteiger partial charge in [-0.3, -0.25) is 0 Å². The van der Waals surface area contributed by atoms with Crippen LogP contribution in [-0.2, 0) is 0 Å². The van der Waals surface area contributed by atoms with Gasteiger partial charge in [0.05, 0.1) is 18.5 Å². The molecule has 4 heterocycles. The van der Waals surface area contributed by atoms with Crippen molar-refractivity contribution < 1.29 is 9.13 Å². The largest absolute Gasteiger partial charge is 0.494 e. The zero-order valence-corrected chi connectivity index (χ0v) is 22.5. The van der Waals surface area contributed by atoms with Gasteiger partial charge in [0.1, 0.15) is 17.2 Å². The molecule has 2 fully saturated rings. The van der Waals surface area contributed by atoms with Crippen molar-refractivity contribution in [1.82, 2.24) is 19.4 Å². The van der Waals surface area contributed by atoms with E-state index in [1.165, 1.54) is 24.6 Å². The fourth-order valence-corrected chi connectivity index (χ4v) is 6.08. The highest BCUT2D eigenvalue weighted by molar-refractivity contribution is 8.00. The molecule has 6 rings (SSSR count). The number of methoxy groups -OCH3 is 1. The summed E-state index contributed by atoms with van der Waals surface area (Å²) in [7, 11) is 3.67. The zero-order valence-electron chi connectivity index (χ0n) is 21.7. The summed E-state index contributed by atoms with van der Waals surface area (Å²) in [6, 6.07) is 13.8. The number of ether oxygens (including phenoxy) is 1. The van der Waals surface area contributed by atoms with Crippen molar-refractivity contribution in [2.75, 3.05) is 67.2 Å². The van der Waals surface area contributed by atoms with Crippen LogP contribution in [0.3, 0.4) is 0 Å². The summed E-state index contributed by atoms with van der Waals surface area (Å²) >= 11 is 1.89. The molecule has 0 amide bonds. The minimum Gasteiger partial charge on any atom is -0.494 e. The molecule has 2 aromatic carbocycles. The Morgan fingerprint density at radius 2 is 1.84 bits per heavy atom. The molecular weight excluding hydrogens is 501 g/mol. The van der Waals surface area contributed by atoms with Crippen molar-refractivity contribution in [2.24, 2.45) is 0 Å². The third-order valence-corrected chi connectivity index (χ3v) is 8.36. The maximum absolute atomic E-state index is 15.2. The van der Waals surface area contributed by atoms with Crippen LogP contribution in [0.2, 0.25) is 0 Å². The highest BCUT2D eigenvalue weighted by Gasteiger charge is 2.21. The van der Waals surface area contributed by atoms with Gasteiger partial charge < -0.3 is 28.7 Å². The van der Waals surface area contributed by atoms with Gasteiger partial charge >= 0.3 is 0 Å². The van der Waals surface area contributed by atoms with Gasteiger partial charge in [-0.2, -0.15) is 4.98 Å². The Morgan fingerprint density at radius 1 is 1.00 bits per heavy atom. The van der Waals surface area contributed by atoms with Crippen LogP contribution in [0.15, 0.2) is 54.9 Å². The second kappa shape index (κ2) is 10.7. The lowest BCUT2D eigenvalue weighted by atomic mass is 10.2. The molecule has 2 aliphatic heterocycles. The Bertz CT molecular complexity index is 1430. The predicted molar refractivity (Wildman–Crippen MR) is 154 cm³/mol. The lowest BCUT2D eigenvalue weighted by Gasteiger charge is -2.34. The molecule has 1 N–H and O–H groups in total. The molecule has 0 radical (unpaired) electrons. The maximum Gasteiger partial charge on any atom is 0.229 e. The third-order valence-electron chi connectivity index (χ3n) is 7.19. The van der Waals surface area contributed by atoms with Gasteiger partial charge in [0, 0.05) is 79.8 Å². The van der Waals surface area contributed by atoms with E-state index in [-0.39, 0.29) is 5.82 Å². The fraction of sp³-hybridized carbons (Fsp3) is 0.357. The van der Waals surface area contributed by atoms with Crippen LogP contribution in [0, 0.1) is 5.82 Å². The van der Waals surface area contributed by atoms with Crippen molar-refractivity contribution in [3.63, 3.8) is 0 Å². The molecule has 8 nitrogen and oxygen atoms in total. The molecule has 38 heavy (non-hydrogen) atoms. The highest BCUT2D eigenvalue weighted by atomic mass is 32.2. The van der Waals surface area contributed by atoms with E-state index in [1.807, 2.05) is 24.2 Å². The molecule has 0 spiro atoms. The molecule has 0 aliphatic carbocycles. The summed E-state index contributed by atoms with van der Waals surface area (Å²) < 4.78 is 25.3. The van der Waals surface area contributed by atoms with Crippen LogP contribution in [0.4, 0.5) is 27.4 Å². The van der Waals surface area contributed by atoms with Crippen molar-refractivity contribution in [2.45, 2.75) is 12.8 Å². The van der Waals surface area contributed by atoms with Crippen molar-refractivity contribution >= 4 is 46.0 Å². The Morgan fingerprint density at radius 3 is 2.63 bits per heavy atom. The number of halogens is 1. The first-order chi connectivity index (χ1) is 18.6. The first kappa shape index (κ1) is 24.8. The molecular formula is C28H32FN7OS. The lowest BCUT2D eigenvalue weighted by molar-refractivity contribution is 0.311. The summed E-state index contributed by atoms with van der Waals surface area (Å²) in [5.41, 5.74) is 4.05. The summed E-state index contributed by atoms with van der Waals surface area (Å²) in [5.74, 6) is 1.78. The predicted octanol–water partition coefficient (Wildman–Crippen LogP) is 5.31. The van der Waals surface area contributed by atoms with Crippen molar-refractivity contribution in [3.05, 3.63) is 60.7 Å². The molecule has 198 valence electrons. The van der Waals surface area contributed by atoms with Crippen LogP contribution in [0.5, 0.6) is 5.75 Å². The standard InChI is InChI=1S/C28H32FN7OS/c1-33-11-13-34(14-12-33)25-18-26(37-2)24(17-23(25)29)31-28-30-19-20-8-10-35(27(20)32-28)21-6-5-7-22(16-21)36-9-3-4-15-38-36/h5-8,10,16-19H,3-4,9,11-15H2,1-2H3,(H,30,31,32). The molecule has 4 aromatic rings. The van der Waals surface area contributed by atoms with E-state index in [1.54, 1.807) is 19.4 Å². The van der Waals surface area contributed by atoms with Gasteiger partial charge in [-0.05, 0) is 56.1 Å². The Kier molecular flexibility index (Phi) is 6.99. The number of likely N-dealkylation sites (N-methyl/N-ethyl adjacent to an activating group) is 1. The number of nitrogens with one attached hydrogen (secondary N) is 1. The Labute approximate surface area is 226 Å². The van der Waals surface area contributed by atoms with Crippen LogP contribution in [0.1, 0.15) is 12.8 Å². The number of nitrogens with zero attached hydrogens (tertiary/aromatic N) is 6. The number of rotatable bonds is 6. The SMILES string of the molecule is COc1cc(N2CCN(C)CC2)c(F)cc1Nc1ncc2ccn(-c3cccc(N4CCCCS4)c3)c2n1. The van der Waals surface area contributed by atoms with Crippen LogP contribution < -0.4 is 19.3 Å². The molecule has 0 unspecified atom stereocenters. The molecule has 0 bridgehead atoms. The normalized spacial score (nSPS) is 16.7. The molecule has 10 heteroatoms. The Hall–Kier alpha value is -3.50. The van der Waals surface area contributed by atoms with E-state index in [0.29, 0.717) is 23.1 Å². The van der Waals surface area contributed by atoms with Crippen molar-refractivity contribution in [3.8, 4) is 11.4 Å².